The normalized spacial score (nSPS) is 19.8. The van der Waals surface area contributed by atoms with E-state index in [-0.39, 0.29) is 0 Å². The third-order valence-corrected chi connectivity index (χ3v) is 5.93. The molecule has 2 aromatic carbocycles. The van der Waals surface area contributed by atoms with E-state index in [9.17, 15) is 14.4 Å². The molecule has 2 aromatic rings. The molecule has 1 heterocycles. The highest BCUT2D eigenvalue weighted by atomic mass is 16.5. The summed E-state index contributed by atoms with van der Waals surface area (Å²) < 4.78 is 10.4. The summed E-state index contributed by atoms with van der Waals surface area (Å²) in [4.78, 5) is 39.3. The van der Waals surface area contributed by atoms with Crippen LogP contribution < -0.4 is 20.1 Å². The van der Waals surface area contributed by atoms with E-state index in [0.29, 0.717) is 17.2 Å². The second-order valence-corrected chi connectivity index (χ2v) is 7.90. The Balaban J connectivity index is 1.51. The van der Waals surface area contributed by atoms with E-state index in [1.807, 2.05) is 18.2 Å². The summed E-state index contributed by atoms with van der Waals surface area (Å²) in [5.41, 5.74) is 2.40. The van der Waals surface area contributed by atoms with Gasteiger partial charge in [0.05, 0.1) is 19.9 Å². The van der Waals surface area contributed by atoms with Crippen LogP contribution in [-0.4, -0.2) is 43.5 Å². The summed E-state index contributed by atoms with van der Waals surface area (Å²) in [5, 5.41) is 5.45. The number of anilines is 1. The van der Waals surface area contributed by atoms with Gasteiger partial charge in [0.15, 0.2) is 0 Å². The minimum Gasteiger partial charge on any atom is -0.497 e. The first kappa shape index (κ1) is 20.7. The smallest absolute Gasteiger partial charge is 0.325 e. The van der Waals surface area contributed by atoms with Crippen molar-refractivity contribution in [3.63, 3.8) is 0 Å². The average molecular weight is 423 g/mol. The van der Waals surface area contributed by atoms with E-state index in [2.05, 4.69) is 10.6 Å². The number of ether oxygens (including phenoxy) is 2. The molecule has 162 valence electrons. The highest BCUT2D eigenvalue weighted by molar-refractivity contribution is 6.10. The van der Waals surface area contributed by atoms with Crippen LogP contribution in [0.5, 0.6) is 11.5 Å². The van der Waals surface area contributed by atoms with Gasteiger partial charge in [-0.3, -0.25) is 14.5 Å². The van der Waals surface area contributed by atoms with Gasteiger partial charge in [-0.2, -0.15) is 0 Å². The Labute approximate surface area is 180 Å². The molecule has 1 saturated heterocycles. The number of methoxy groups -OCH3 is 2. The molecule has 4 rings (SSSR count). The summed E-state index contributed by atoms with van der Waals surface area (Å²) in [6.45, 7) is 1.26. The Hall–Kier alpha value is -3.55. The molecule has 4 amide bonds. The number of carbonyl (C=O) groups is 3. The summed E-state index contributed by atoms with van der Waals surface area (Å²) in [7, 11) is 3.00. The molecule has 0 saturated carbocycles. The molecular weight excluding hydrogens is 398 g/mol. The summed E-state index contributed by atoms with van der Waals surface area (Å²) in [6.07, 6.45) is 3.10. The number of urea groups is 1. The number of amides is 4. The Morgan fingerprint density at radius 3 is 2.61 bits per heavy atom. The van der Waals surface area contributed by atoms with Crippen LogP contribution in [0.3, 0.4) is 0 Å². The number of benzene rings is 2. The summed E-state index contributed by atoms with van der Waals surface area (Å²) in [5.74, 6) is 0.000988. The largest absolute Gasteiger partial charge is 0.497 e. The number of nitrogens with zero attached hydrogens (tertiary/aromatic N) is 1. The fraction of sp³-hybridized carbons (Fsp3) is 0.348. The Morgan fingerprint density at radius 2 is 1.87 bits per heavy atom. The molecule has 1 fully saturated rings. The van der Waals surface area contributed by atoms with E-state index >= 15 is 0 Å². The lowest BCUT2D eigenvalue weighted by Crippen LogP contribution is -2.42. The maximum Gasteiger partial charge on any atom is 0.325 e. The van der Waals surface area contributed by atoms with E-state index < -0.39 is 29.9 Å². The lowest BCUT2D eigenvalue weighted by atomic mass is 9.89. The number of aryl methyl sites for hydroxylation is 2. The lowest BCUT2D eigenvalue weighted by molar-refractivity contribution is -0.133. The van der Waals surface area contributed by atoms with Crippen LogP contribution in [0.1, 0.15) is 30.0 Å². The quantitative estimate of drug-likeness (QED) is 0.696. The maximum atomic E-state index is 13.2. The first-order valence-electron chi connectivity index (χ1n) is 10.1. The van der Waals surface area contributed by atoms with Gasteiger partial charge in [0, 0.05) is 6.07 Å². The second kappa shape index (κ2) is 7.94. The van der Waals surface area contributed by atoms with Crippen LogP contribution >= 0.6 is 0 Å². The number of hydrogen-bond acceptors (Lipinski definition) is 5. The van der Waals surface area contributed by atoms with Crippen molar-refractivity contribution in [1.82, 2.24) is 10.2 Å². The molecule has 8 heteroatoms. The Kier molecular flexibility index (Phi) is 5.31. The molecule has 1 aliphatic carbocycles. The number of imide groups is 1. The van der Waals surface area contributed by atoms with Crippen molar-refractivity contribution in [3.8, 4) is 11.5 Å². The second-order valence-electron chi connectivity index (χ2n) is 7.90. The lowest BCUT2D eigenvalue weighted by Gasteiger charge is -2.23. The molecule has 0 unspecified atom stereocenters. The monoisotopic (exact) mass is 423 g/mol. The van der Waals surface area contributed by atoms with Gasteiger partial charge in [-0.05, 0) is 55.0 Å². The number of rotatable bonds is 6. The van der Waals surface area contributed by atoms with Crippen molar-refractivity contribution in [2.75, 3.05) is 26.1 Å². The van der Waals surface area contributed by atoms with Crippen molar-refractivity contribution in [3.05, 3.63) is 53.1 Å². The van der Waals surface area contributed by atoms with E-state index in [1.165, 1.54) is 25.3 Å². The number of hydrogen-bond donors (Lipinski definition) is 2. The first-order chi connectivity index (χ1) is 14.9. The van der Waals surface area contributed by atoms with E-state index in [4.69, 9.17) is 9.47 Å². The summed E-state index contributed by atoms with van der Waals surface area (Å²) >= 11 is 0. The molecule has 31 heavy (non-hydrogen) atoms. The Morgan fingerprint density at radius 1 is 1.10 bits per heavy atom. The van der Waals surface area contributed by atoms with Crippen LogP contribution in [0.4, 0.5) is 10.5 Å². The van der Waals surface area contributed by atoms with Crippen molar-refractivity contribution < 1.29 is 23.9 Å². The van der Waals surface area contributed by atoms with Crippen molar-refractivity contribution in [2.24, 2.45) is 0 Å². The zero-order valence-corrected chi connectivity index (χ0v) is 17.8. The highest BCUT2D eigenvalue weighted by Crippen LogP contribution is 2.33. The van der Waals surface area contributed by atoms with Crippen LogP contribution in [0.15, 0.2) is 36.4 Å². The molecule has 0 aromatic heterocycles. The Bertz CT molecular complexity index is 1070. The van der Waals surface area contributed by atoms with Crippen LogP contribution in [0.25, 0.3) is 0 Å². The fourth-order valence-corrected chi connectivity index (χ4v) is 4.16. The third kappa shape index (κ3) is 3.69. The minimum atomic E-state index is -1.21. The van der Waals surface area contributed by atoms with Crippen molar-refractivity contribution >= 4 is 23.5 Å². The van der Waals surface area contributed by atoms with Gasteiger partial charge in [0.2, 0.25) is 5.91 Å². The molecule has 8 nitrogen and oxygen atoms in total. The van der Waals surface area contributed by atoms with Gasteiger partial charge in [-0.15, -0.1) is 0 Å². The number of fused-ring (bicyclic) bond motifs is 1. The predicted molar refractivity (Wildman–Crippen MR) is 114 cm³/mol. The van der Waals surface area contributed by atoms with Crippen molar-refractivity contribution in [2.45, 2.75) is 31.7 Å². The predicted octanol–water partition coefficient (Wildman–Crippen LogP) is 2.60. The minimum absolute atomic E-state index is 0.389. The van der Waals surface area contributed by atoms with Gasteiger partial charge >= 0.3 is 6.03 Å². The number of carbonyl (C=O) groups excluding carboxylic acids is 3. The molecule has 2 aliphatic rings. The molecular formula is C23H25N3O5. The zero-order valence-electron chi connectivity index (χ0n) is 17.8. The van der Waals surface area contributed by atoms with Gasteiger partial charge in [-0.25, -0.2) is 4.79 Å². The van der Waals surface area contributed by atoms with Gasteiger partial charge in [0.1, 0.15) is 23.6 Å². The molecule has 0 radical (unpaired) electrons. The maximum absolute atomic E-state index is 13.2. The molecule has 0 spiro atoms. The highest BCUT2D eigenvalue weighted by Gasteiger charge is 2.49. The van der Waals surface area contributed by atoms with Crippen LogP contribution in [0, 0.1) is 0 Å². The standard InChI is InChI=1S/C23H25N3O5/c1-23(16-8-7-14-5-4-6-15(14)11-16)21(28)26(22(29)25-23)13-20(27)24-18-12-17(30-2)9-10-19(18)31-3/h7-12H,4-6,13H2,1-3H3,(H,24,27)(H,25,29)/t23-/m1/s1. The van der Waals surface area contributed by atoms with Gasteiger partial charge < -0.3 is 20.1 Å². The fourth-order valence-electron chi connectivity index (χ4n) is 4.16. The van der Waals surface area contributed by atoms with E-state index in [0.717, 1.165) is 29.7 Å². The van der Waals surface area contributed by atoms with Gasteiger partial charge in [-0.1, -0.05) is 18.2 Å². The summed E-state index contributed by atoms with van der Waals surface area (Å²) in [6, 6.07) is 10.3. The van der Waals surface area contributed by atoms with Gasteiger partial charge in [0.25, 0.3) is 5.91 Å². The number of nitrogens with one attached hydrogen (secondary N) is 2. The zero-order chi connectivity index (χ0) is 22.2. The molecule has 1 aliphatic heterocycles. The van der Waals surface area contributed by atoms with Crippen LogP contribution in [0.2, 0.25) is 0 Å². The molecule has 2 N–H and O–H groups in total. The molecule has 1 atom stereocenters. The topological polar surface area (TPSA) is 97.0 Å². The average Bonchev–Trinajstić information content (AvgIpc) is 3.32. The van der Waals surface area contributed by atoms with Crippen molar-refractivity contribution in [1.29, 1.82) is 0 Å². The van der Waals surface area contributed by atoms with E-state index in [1.54, 1.807) is 25.1 Å². The molecule has 0 bridgehead atoms. The third-order valence-electron chi connectivity index (χ3n) is 5.93. The SMILES string of the molecule is COc1ccc(OC)c(NC(=O)CN2C(=O)N[C@](C)(c3ccc4c(c3)CCC4)C2=O)c1. The first-order valence-corrected chi connectivity index (χ1v) is 10.1. The van der Waals surface area contributed by atoms with Crippen LogP contribution in [-0.2, 0) is 28.0 Å².